The summed E-state index contributed by atoms with van der Waals surface area (Å²) in [6.07, 6.45) is 1.76. The molecule has 3 aromatic rings. The molecule has 2 aromatic carbocycles. The molecule has 0 bridgehead atoms. The van der Waals surface area contributed by atoms with Gasteiger partial charge in [-0.05, 0) is 24.3 Å². The topological polar surface area (TPSA) is 78.0 Å². The van der Waals surface area contributed by atoms with Crippen LogP contribution in [0.15, 0.2) is 59.6 Å². The van der Waals surface area contributed by atoms with Gasteiger partial charge in [0.25, 0.3) is 0 Å². The van der Waals surface area contributed by atoms with Crippen molar-refractivity contribution in [1.82, 2.24) is 4.98 Å². The standard InChI is InChI=1S/C8H8N2.C8H6N2/c2*9-8-5-6-3-1-2-4-7(6)10-8/h1-5,10H,9H2;1-5,9H. The van der Waals surface area contributed by atoms with E-state index in [2.05, 4.69) is 9.98 Å². The Kier molecular flexibility index (Phi) is 3.05. The van der Waals surface area contributed by atoms with Crippen LogP contribution in [0.2, 0.25) is 0 Å². The summed E-state index contributed by atoms with van der Waals surface area (Å²) in [5.74, 6) is 1.07. The van der Waals surface area contributed by atoms with Gasteiger partial charge in [0.05, 0.1) is 5.36 Å². The van der Waals surface area contributed by atoms with E-state index in [4.69, 9.17) is 11.1 Å². The molecule has 4 rings (SSSR count). The fourth-order valence-corrected chi connectivity index (χ4v) is 2.12. The Morgan fingerprint density at radius 1 is 1.00 bits per heavy atom. The SMILES string of the molecule is N=C1C=c2ccccc2=N1.Nc1cc2ccccc2[nH]1. The fourth-order valence-electron chi connectivity index (χ4n) is 2.12. The molecule has 4 heteroatoms. The molecule has 0 saturated heterocycles. The van der Waals surface area contributed by atoms with Crippen LogP contribution in [0.3, 0.4) is 0 Å². The predicted octanol–water partition coefficient (Wildman–Crippen LogP) is 1.83. The van der Waals surface area contributed by atoms with Crippen molar-refractivity contribution in [2.24, 2.45) is 4.99 Å². The fraction of sp³-hybridized carbons (Fsp3) is 0. The minimum atomic E-state index is 0.348. The van der Waals surface area contributed by atoms with Crippen LogP contribution in [-0.4, -0.2) is 10.8 Å². The summed E-state index contributed by atoms with van der Waals surface area (Å²) in [4.78, 5) is 7.02. The van der Waals surface area contributed by atoms with E-state index < -0.39 is 0 Å². The lowest BCUT2D eigenvalue weighted by Gasteiger charge is -1.83. The van der Waals surface area contributed by atoms with Crippen molar-refractivity contribution >= 4 is 28.6 Å². The minimum Gasteiger partial charge on any atom is -0.385 e. The first-order valence-corrected chi connectivity index (χ1v) is 6.30. The summed E-state index contributed by atoms with van der Waals surface area (Å²) >= 11 is 0. The van der Waals surface area contributed by atoms with Crippen molar-refractivity contribution in [3.8, 4) is 0 Å². The second-order valence-corrected chi connectivity index (χ2v) is 4.51. The molecule has 0 fully saturated rings. The van der Waals surface area contributed by atoms with E-state index in [9.17, 15) is 0 Å². The number of benzene rings is 2. The maximum atomic E-state index is 7.21. The van der Waals surface area contributed by atoms with Crippen molar-refractivity contribution in [2.75, 3.05) is 5.73 Å². The van der Waals surface area contributed by atoms with Gasteiger partial charge in [-0.15, -0.1) is 0 Å². The van der Waals surface area contributed by atoms with Crippen LogP contribution >= 0.6 is 0 Å². The zero-order chi connectivity index (χ0) is 13.9. The van der Waals surface area contributed by atoms with Gasteiger partial charge in [-0.2, -0.15) is 0 Å². The number of nitrogens with one attached hydrogen (secondary N) is 2. The van der Waals surface area contributed by atoms with E-state index in [0.29, 0.717) is 5.84 Å². The zero-order valence-corrected chi connectivity index (χ0v) is 10.8. The van der Waals surface area contributed by atoms with Gasteiger partial charge >= 0.3 is 0 Å². The Bertz CT molecular complexity index is 820. The van der Waals surface area contributed by atoms with E-state index in [-0.39, 0.29) is 0 Å². The molecule has 4 N–H and O–H groups in total. The molecule has 1 aromatic heterocycles. The third-order valence-corrected chi connectivity index (χ3v) is 3.02. The Hall–Kier alpha value is -2.88. The molecule has 0 unspecified atom stereocenters. The van der Waals surface area contributed by atoms with Gasteiger partial charge in [-0.25, -0.2) is 4.99 Å². The number of hydrogen-bond donors (Lipinski definition) is 3. The van der Waals surface area contributed by atoms with Crippen LogP contribution in [0.1, 0.15) is 0 Å². The molecule has 98 valence electrons. The molecule has 1 aliphatic heterocycles. The predicted molar refractivity (Wildman–Crippen MR) is 82.1 cm³/mol. The number of aromatic nitrogens is 1. The molecular weight excluding hydrogens is 248 g/mol. The van der Waals surface area contributed by atoms with Crippen LogP contribution in [-0.2, 0) is 0 Å². The van der Waals surface area contributed by atoms with Crippen molar-refractivity contribution in [3.05, 3.63) is 65.2 Å². The summed E-state index contributed by atoms with van der Waals surface area (Å²) in [5, 5.41) is 10.3. The Balaban J connectivity index is 0.000000121. The number of nitrogens with two attached hydrogens (primary N) is 1. The van der Waals surface area contributed by atoms with Gasteiger partial charge in [0, 0.05) is 16.1 Å². The molecule has 20 heavy (non-hydrogen) atoms. The minimum absolute atomic E-state index is 0.348. The maximum Gasteiger partial charge on any atom is 0.145 e. The first kappa shape index (κ1) is 12.2. The average molecular weight is 262 g/mol. The first-order valence-electron chi connectivity index (χ1n) is 6.30. The summed E-state index contributed by atoms with van der Waals surface area (Å²) in [7, 11) is 0. The average Bonchev–Trinajstić information content (AvgIpc) is 2.99. The molecule has 0 aliphatic carbocycles. The Morgan fingerprint density at radius 3 is 2.55 bits per heavy atom. The smallest absolute Gasteiger partial charge is 0.145 e. The molecule has 4 nitrogen and oxygen atoms in total. The number of rotatable bonds is 0. The van der Waals surface area contributed by atoms with Crippen LogP contribution in [0.25, 0.3) is 17.0 Å². The molecule has 0 saturated carbocycles. The van der Waals surface area contributed by atoms with Crippen molar-refractivity contribution < 1.29 is 0 Å². The number of para-hydroxylation sites is 2. The zero-order valence-electron chi connectivity index (χ0n) is 10.8. The molecule has 0 radical (unpaired) electrons. The van der Waals surface area contributed by atoms with Gasteiger partial charge in [-0.1, -0.05) is 36.4 Å². The molecule has 2 heterocycles. The molecule has 0 spiro atoms. The van der Waals surface area contributed by atoms with E-state index in [1.807, 2.05) is 54.6 Å². The number of hydrogen-bond acceptors (Lipinski definition) is 2. The monoisotopic (exact) mass is 262 g/mol. The van der Waals surface area contributed by atoms with Gasteiger partial charge < -0.3 is 10.7 Å². The summed E-state index contributed by atoms with van der Waals surface area (Å²) in [6.45, 7) is 0. The van der Waals surface area contributed by atoms with Crippen LogP contribution in [0.4, 0.5) is 5.82 Å². The molecular formula is C16H14N4. The number of fused-ring (bicyclic) bond motifs is 2. The number of H-pyrrole nitrogens is 1. The summed E-state index contributed by atoms with van der Waals surface area (Å²) in [5.41, 5.74) is 6.63. The number of nitrogen functional groups attached to an aromatic ring is 1. The van der Waals surface area contributed by atoms with Gasteiger partial charge in [0.15, 0.2) is 0 Å². The van der Waals surface area contributed by atoms with Gasteiger partial charge in [-0.3, -0.25) is 5.41 Å². The highest BCUT2D eigenvalue weighted by molar-refractivity contribution is 6.08. The van der Waals surface area contributed by atoms with Crippen LogP contribution in [0.5, 0.6) is 0 Å². The first-order chi connectivity index (χ1) is 9.72. The molecule has 1 aliphatic rings. The van der Waals surface area contributed by atoms with Crippen molar-refractivity contribution in [3.63, 3.8) is 0 Å². The second kappa shape index (κ2) is 5.01. The Labute approximate surface area is 115 Å². The lowest BCUT2D eigenvalue weighted by Crippen LogP contribution is -2.19. The van der Waals surface area contributed by atoms with Crippen LogP contribution < -0.4 is 16.3 Å². The number of amidine groups is 1. The summed E-state index contributed by atoms with van der Waals surface area (Å²) < 4.78 is 0. The van der Waals surface area contributed by atoms with Gasteiger partial charge in [0.2, 0.25) is 0 Å². The van der Waals surface area contributed by atoms with E-state index in [1.54, 1.807) is 6.08 Å². The maximum absolute atomic E-state index is 7.21. The highest BCUT2D eigenvalue weighted by Crippen LogP contribution is 2.14. The lowest BCUT2D eigenvalue weighted by molar-refractivity contribution is 1.37. The molecule has 0 amide bonds. The lowest BCUT2D eigenvalue weighted by atomic mass is 10.3. The number of aromatic amines is 1. The van der Waals surface area contributed by atoms with Crippen LogP contribution in [0, 0.1) is 5.41 Å². The van der Waals surface area contributed by atoms with E-state index in [0.717, 1.165) is 21.9 Å². The molecule has 0 atom stereocenters. The Morgan fingerprint density at radius 2 is 1.75 bits per heavy atom. The number of nitrogens with zero attached hydrogens (tertiary/aromatic N) is 1. The highest BCUT2D eigenvalue weighted by Gasteiger charge is 1.96. The van der Waals surface area contributed by atoms with Crippen molar-refractivity contribution in [2.45, 2.75) is 0 Å². The quantitative estimate of drug-likeness (QED) is 0.568. The van der Waals surface area contributed by atoms with E-state index >= 15 is 0 Å². The summed E-state index contributed by atoms with van der Waals surface area (Å²) in [6, 6.07) is 17.7. The van der Waals surface area contributed by atoms with E-state index in [1.165, 1.54) is 5.39 Å². The van der Waals surface area contributed by atoms with Gasteiger partial charge in [0.1, 0.15) is 11.7 Å². The number of anilines is 1. The van der Waals surface area contributed by atoms with Crippen molar-refractivity contribution in [1.29, 1.82) is 5.41 Å². The largest absolute Gasteiger partial charge is 0.385 e. The normalized spacial score (nSPS) is 12.1. The third kappa shape index (κ3) is 2.44. The third-order valence-electron chi connectivity index (χ3n) is 3.02. The highest BCUT2D eigenvalue weighted by atomic mass is 14.8. The second-order valence-electron chi connectivity index (χ2n) is 4.51.